The Morgan fingerprint density at radius 1 is 1.15 bits per heavy atom. The molecule has 4 rings (SSSR count). The first-order valence-corrected chi connectivity index (χ1v) is 9.35. The van der Waals surface area contributed by atoms with Crippen LogP contribution in [0.25, 0.3) is 11.1 Å². The highest BCUT2D eigenvalue weighted by atomic mass is 16.3. The first kappa shape index (κ1) is 17.3. The van der Waals surface area contributed by atoms with Crippen LogP contribution >= 0.6 is 0 Å². The van der Waals surface area contributed by atoms with E-state index in [1.54, 1.807) is 12.1 Å². The van der Waals surface area contributed by atoms with Crippen LogP contribution in [0.3, 0.4) is 0 Å². The minimum absolute atomic E-state index is 0.190. The lowest BCUT2D eigenvalue weighted by molar-refractivity contribution is -0.132. The summed E-state index contributed by atoms with van der Waals surface area (Å²) in [5.41, 5.74) is 3.46. The Morgan fingerprint density at radius 3 is 2.59 bits per heavy atom. The van der Waals surface area contributed by atoms with Crippen LogP contribution in [0, 0.1) is 11.3 Å². The van der Waals surface area contributed by atoms with Gasteiger partial charge in [-0.3, -0.25) is 4.79 Å². The number of carbonyl (C=O) groups is 1. The van der Waals surface area contributed by atoms with E-state index < -0.39 is 0 Å². The molecular formula is C22H21N3O2. The van der Waals surface area contributed by atoms with Crippen LogP contribution < -0.4 is 0 Å². The van der Waals surface area contributed by atoms with Gasteiger partial charge in [-0.25, -0.2) is 4.98 Å². The Hall–Kier alpha value is -3.13. The monoisotopic (exact) mass is 359 g/mol. The summed E-state index contributed by atoms with van der Waals surface area (Å²) in [6.45, 7) is 1.49. The lowest BCUT2D eigenvalue weighted by Crippen LogP contribution is -2.38. The topological polar surface area (TPSA) is 70.1 Å². The quantitative estimate of drug-likeness (QED) is 0.705. The number of nitrogens with zero attached hydrogens (tertiary/aromatic N) is 3. The average Bonchev–Trinajstić information content (AvgIpc) is 3.17. The highest BCUT2D eigenvalue weighted by Crippen LogP contribution is 2.30. The number of hydrogen-bond donors (Lipinski definition) is 0. The number of rotatable bonds is 4. The third kappa shape index (κ3) is 3.85. The number of likely N-dealkylation sites (tertiary alicyclic amines) is 1. The van der Waals surface area contributed by atoms with E-state index in [1.165, 1.54) is 0 Å². The van der Waals surface area contributed by atoms with E-state index in [-0.39, 0.29) is 11.8 Å². The van der Waals surface area contributed by atoms with Crippen LogP contribution in [0.4, 0.5) is 0 Å². The number of piperidine rings is 1. The molecule has 1 aliphatic heterocycles. The van der Waals surface area contributed by atoms with Crippen molar-refractivity contribution < 1.29 is 9.21 Å². The zero-order valence-corrected chi connectivity index (χ0v) is 15.1. The summed E-state index contributed by atoms with van der Waals surface area (Å²) < 4.78 is 5.89. The Bertz CT molecular complexity index is 944. The Labute approximate surface area is 158 Å². The second-order valence-electron chi connectivity index (χ2n) is 6.98. The largest absolute Gasteiger partial charge is 0.440 e. The Balaban J connectivity index is 1.30. The van der Waals surface area contributed by atoms with E-state index in [4.69, 9.17) is 9.68 Å². The maximum absolute atomic E-state index is 12.5. The fraction of sp³-hybridized carbons (Fsp3) is 0.318. The molecule has 1 fully saturated rings. The fourth-order valence-electron chi connectivity index (χ4n) is 3.60. The summed E-state index contributed by atoms with van der Waals surface area (Å²) in [4.78, 5) is 19.1. The van der Waals surface area contributed by atoms with Gasteiger partial charge in [0, 0.05) is 25.4 Å². The molecule has 27 heavy (non-hydrogen) atoms. The molecule has 0 spiro atoms. The highest BCUT2D eigenvalue weighted by molar-refractivity contribution is 5.76. The van der Waals surface area contributed by atoms with Crippen LogP contribution in [0.1, 0.15) is 42.2 Å². The summed E-state index contributed by atoms with van der Waals surface area (Å²) in [7, 11) is 0. The lowest BCUT2D eigenvalue weighted by atomic mass is 9.96. The van der Waals surface area contributed by atoms with Crippen molar-refractivity contribution in [2.24, 2.45) is 0 Å². The maximum atomic E-state index is 12.5. The molecule has 0 aliphatic carbocycles. The predicted octanol–water partition coefficient (Wildman–Crippen LogP) is 4.04. The minimum Gasteiger partial charge on any atom is -0.440 e. The van der Waals surface area contributed by atoms with Gasteiger partial charge in [-0.2, -0.15) is 5.26 Å². The molecule has 5 nitrogen and oxygen atoms in total. The van der Waals surface area contributed by atoms with Crippen molar-refractivity contribution in [1.82, 2.24) is 9.88 Å². The van der Waals surface area contributed by atoms with E-state index in [0.29, 0.717) is 18.4 Å². The van der Waals surface area contributed by atoms with Crippen LogP contribution in [-0.2, 0) is 11.2 Å². The maximum Gasteiger partial charge on any atom is 0.222 e. The number of aryl methyl sites for hydroxylation is 1. The van der Waals surface area contributed by atoms with Crippen LogP contribution in [0.5, 0.6) is 0 Å². The third-order valence-corrected chi connectivity index (χ3v) is 5.22. The third-order valence-electron chi connectivity index (χ3n) is 5.22. The van der Waals surface area contributed by atoms with E-state index in [1.807, 2.05) is 41.3 Å². The number of carbonyl (C=O) groups excluding carboxylic acids is 1. The molecule has 0 saturated carbocycles. The Kier molecular flexibility index (Phi) is 4.88. The lowest BCUT2D eigenvalue weighted by Gasteiger charge is -2.30. The van der Waals surface area contributed by atoms with E-state index in [2.05, 4.69) is 11.1 Å². The van der Waals surface area contributed by atoms with Crippen molar-refractivity contribution in [3.05, 3.63) is 65.5 Å². The van der Waals surface area contributed by atoms with Gasteiger partial charge in [-0.15, -0.1) is 0 Å². The molecule has 2 heterocycles. The van der Waals surface area contributed by atoms with Gasteiger partial charge in [-0.05, 0) is 49.1 Å². The molecule has 1 aromatic heterocycles. The van der Waals surface area contributed by atoms with E-state index >= 15 is 0 Å². The smallest absolute Gasteiger partial charge is 0.222 e. The molecule has 0 radical (unpaired) electrons. The van der Waals surface area contributed by atoms with Gasteiger partial charge in [0.05, 0.1) is 11.6 Å². The van der Waals surface area contributed by atoms with E-state index in [0.717, 1.165) is 48.5 Å². The number of oxazole rings is 1. The molecule has 0 atom stereocenters. The number of fused-ring (bicyclic) bond motifs is 1. The van der Waals surface area contributed by atoms with Crippen LogP contribution in [0.2, 0.25) is 0 Å². The van der Waals surface area contributed by atoms with Crippen LogP contribution in [0.15, 0.2) is 52.9 Å². The zero-order chi connectivity index (χ0) is 18.6. The molecule has 1 saturated heterocycles. The van der Waals surface area contributed by atoms with Crippen molar-refractivity contribution in [2.75, 3.05) is 13.1 Å². The van der Waals surface area contributed by atoms with Gasteiger partial charge in [0.25, 0.3) is 0 Å². The molecule has 1 aliphatic rings. The molecular weight excluding hydrogens is 338 g/mol. The fourth-order valence-corrected chi connectivity index (χ4v) is 3.60. The van der Waals surface area contributed by atoms with Gasteiger partial charge in [0.15, 0.2) is 11.5 Å². The highest BCUT2D eigenvalue weighted by Gasteiger charge is 2.26. The van der Waals surface area contributed by atoms with Gasteiger partial charge in [0.1, 0.15) is 5.52 Å². The molecule has 0 bridgehead atoms. The van der Waals surface area contributed by atoms with Crippen molar-refractivity contribution in [3.8, 4) is 6.07 Å². The molecule has 0 unspecified atom stereocenters. The SMILES string of the molecule is N#Cc1ccc(CCC(=O)N2CCC(c3nc4ccccc4o3)CC2)cc1. The molecule has 3 aromatic rings. The van der Waals surface area contributed by atoms with E-state index in [9.17, 15) is 4.79 Å². The van der Waals surface area contributed by atoms with Crippen molar-refractivity contribution >= 4 is 17.0 Å². The minimum atomic E-state index is 0.190. The summed E-state index contributed by atoms with van der Waals surface area (Å²) in [6.07, 6.45) is 2.97. The summed E-state index contributed by atoms with van der Waals surface area (Å²) >= 11 is 0. The second kappa shape index (κ2) is 7.63. The van der Waals surface area contributed by atoms with Gasteiger partial charge in [-0.1, -0.05) is 24.3 Å². The molecule has 1 amide bonds. The second-order valence-corrected chi connectivity index (χ2v) is 6.98. The zero-order valence-electron chi connectivity index (χ0n) is 15.1. The predicted molar refractivity (Wildman–Crippen MR) is 102 cm³/mol. The molecule has 136 valence electrons. The number of amides is 1. The van der Waals surface area contributed by atoms with Crippen molar-refractivity contribution in [3.63, 3.8) is 0 Å². The number of nitriles is 1. The summed E-state index contributed by atoms with van der Waals surface area (Å²) in [6, 6.07) is 17.4. The normalized spacial score (nSPS) is 15.0. The molecule has 2 aromatic carbocycles. The number of para-hydroxylation sites is 2. The summed E-state index contributed by atoms with van der Waals surface area (Å²) in [5, 5.41) is 8.84. The van der Waals surface area contributed by atoms with Crippen molar-refractivity contribution in [1.29, 1.82) is 5.26 Å². The van der Waals surface area contributed by atoms with Gasteiger partial charge in [0.2, 0.25) is 5.91 Å². The first-order valence-electron chi connectivity index (χ1n) is 9.35. The standard InChI is InChI=1S/C22H21N3O2/c23-15-17-7-5-16(6-8-17)9-10-21(26)25-13-11-18(12-14-25)22-24-19-3-1-2-4-20(19)27-22/h1-8,18H,9-14H2. The van der Waals surface area contributed by atoms with Gasteiger partial charge >= 0.3 is 0 Å². The number of benzene rings is 2. The Morgan fingerprint density at radius 2 is 1.89 bits per heavy atom. The number of hydrogen-bond acceptors (Lipinski definition) is 4. The first-order chi connectivity index (χ1) is 13.2. The molecule has 0 N–H and O–H groups in total. The van der Waals surface area contributed by atoms with Crippen LogP contribution in [-0.4, -0.2) is 28.9 Å². The van der Waals surface area contributed by atoms with Gasteiger partial charge < -0.3 is 9.32 Å². The summed E-state index contributed by atoms with van der Waals surface area (Å²) in [5.74, 6) is 1.26. The van der Waals surface area contributed by atoms with Crippen molar-refractivity contribution in [2.45, 2.75) is 31.6 Å². The average molecular weight is 359 g/mol. The number of aromatic nitrogens is 1. The molecule has 5 heteroatoms.